The predicted octanol–water partition coefficient (Wildman–Crippen LogP) is 4.99. The predicted molar refractivity (Wildman–Crippen MR) is 118 cm³/mol. The molecular formula is C24H24N2O4. The van der Waals surface area contributed by atoms with E-state index in [-0.39, 0.29) is 17.9 Å². The first-order chi connectivity index (χ1) is 14.5. The van der Waals surface area contributed by atoms with Crippen molar-refractivity contribution in [3.8, 4) is 11.5 Å². The molecule has 6 nitrogen and oxygen atoms in total. The number of benzene rings is 3. The van der Waals surface area contributed by atoms with Gasteiger partial charge in [0, 0.05) is 11.3 Å². The number of amides is 2. The van der Waals surface area contributed by atoms with Crippen LogP contribution in [0.15, 0.2) is 72.8 Å². The number of anilines is 2. The second-order valence-electron chi connectivity index (χ2n) is 6.85. The van der Waals surface area contributed by atoms with Crippen LogP contribution in [0.4, 0.5) is 11.4 Å². The molecular weight excluding hydrogens is 380 g/mol. The Morgan fingerprint density at radius 3 is 2.07 bits per heavy atom. The van der Waals surface area contributed by atoms with Gasteiger partial charge in [-0.25, -0.2) is 0 Å². The smallest absolute Gasteiger partial charge is 0.259 e. The van der Waals surface area contributed by atoms with Crippen LogP contribution < -0.4 is 20.1 Å². The number of hydrogen-bond donors (Lipinski definition) is 2. The number of rotatable bonds is 7. The van der Waals surface area contributed by atoms with Crippen LogP contribution >= 0.6 is 0 Å². The number of carbonyl (C=O) groups excluding carboxylic acids is 2. The molecule has 0 aliphatic heterocycles. The van der Waals surface area contributed by atoms with Gasteiger partial charge in [-0.15, -0.1) is 0 Å². The molecule has 0 bridgehead atoms. The second kappa shape index (κ2) is 9.60. The Balaban J connectivity index is 1.69. The molecule has 0 unspecified atom stereocenters. The summed E-state index contributed by atoms with van der Waals surface area (Å²) in [5.41, 5.74) is 2.07. The van der Waals surface area contributed by atoms with Crippen LogP contribution in [0.2, 0.25) is 0 Å². The van der Waals surface area contributed by atoms with Gasteiger partial charge < -0.3 is 20.1 Å². The Hall–Kier alpha value is -3.80. The van der Waals surface area contributed by atoms with E-state index in [9.17, 15) is 9.59 Å². The van der Waals surface area contributed by atoms with E-state index in [1.165, 1.54) is 0 Å². The maximum absolute atomic E-state index is 12.7. The van der Waals surface area contributed by atoms with Crippen LogP contribution in [0, 0.1) is 0 Å². The number of nitrogens with one attached hydrogen (secondary N) is 2. The van der Waals surface area contributed by atoms with Gasteiger partial charge in [-0.05, 0) is 62.4 Å². The Bertz CT molecular complexity index is 1030. The minimum atomic E-state index is -0.280. The quantitative estimate of drug-likeness (QED) is 0.582. The van der Waals surface area contributed by atoms with Gasteiger partial charge in [-0.1, -0.05) is 24.3 Å². The van der Waals surface area contributed by atoms with Gasteiger partial charge in [-0.2, -0.15) is 0 Å². The summed E-state index contributed by atoms with van der Waals surface area (Å²) >= 11 is 0. The number of para-hydroxylation sites is 3. The second-order valence-corrected chi connectivity index (χ2v) is 6.85. The fraction of sp³-hybridized carbons (Fsp3) is 0.167. The maximum atomic E-state index is 12.7. The first-order valence-corrected chi connectivity index (χ1v) is 9.59. The van der Waals surface area contributed by atoms with Crippen LogP contribution in [-0.4, -0.2) is 25.0 Å². The molecule has 3 aromatic rings. The Kier molecular flexibility index (Phi) is 6.70. The molecule has 0 radical (unpaired) electrons. The van der Waals surface area contributed by atoms with Crippen LogP contribution in [0.3, 0.4) is 0 Å². The fourth-order valence-corrected chi connectivity index (χ4v) is 2.86. The minimum Gasteiger partial charge on any atom is -0.495 e. The normalized spacial score (nSPS) is 10.4. The van der Waals surface area contributed by atoms with Crippen molar-refractivity contribution in [3.63, 3.8) is 0 Å². The molecule has 0 saturated carbocycles. The molecule has 0 aromatic heterocycles. The van der Waals surface area contributed by atoms with Crippen molar-refractivity contribution in [3.05, 3.63) is 83.9 Å². The van der Waals surface area contributed by atoms with E-state index < -0.39 is 0 Å². The molecule has 30 heavy (non-hydrogen) atoms. The summed E-state index contributed by atoms with van der Waals surface area (Å²) in [5.74, 6) is 0.556. The third-order valence-electron chi connectivity index (χ3n) is 4.25. The fourth-order valence-electron chi connectivity index (χ4n) is 2.86. The lowest BCUT2D eigenvalue weighted by atomic mass is 10.1. The Labute approximate surface area is 175 Å². The first kappa shape index (κ1) is 20.9. The van der Waals surface area contributed by atoms with E-state index in [0.717, 1.165) is 0 Å². The van der Waals surface area contributed by atoms with Crippen LogP contribution in [0.5, 0.6) is 11.5 Å². The largest absolute Gasteiger partial charge is 0.495 e. The summed E-state index contributed by atoms with van der Waals surface area (Å²) in [7, 11) is 1.55. The van der Waals surface area contributed by atoms with Crippen molar-refractivity contribution in [2.75, 3.05) is 17.7 Å². The molecule has 0 aliphatic rings. The zero-order valence-electron chi connectivity index (χ0n) is 17.1. The van der Waals surface area contributed by atoms with Gasteiger partial charge in [0.05, 0.1) is 24.5 Å². The minimum absolute atomic E-state index is 0.0417. The highest BCUT2D eigenvalue weighted by Crippen LogP contribution is 2.24. The monoisotopic (exact) mass is 404 g/mol. The highest BCUT2D eigenvalue weighted by molar-refractivity contribution is 6.07. The summed E-state index contributed by atoms with van der Waals surface area (Å²) < 4.78 is 11.0. The van der Waals surface area contributed by atoms with Crippen molar-refractivity contribution in [2.24, 2.45) is 0 Å². The summed E-state index contributed by atoms with van der Waals surface area (Å²) in [5, 5.41) is 5.66. The topological polar surface area (TPSA) is 76.7 Å². The van der Waals surface area contributed by atoms with E-state index in [0.29, 0.717) is 34.0 Å². The van der Waals surface area contributed by atoms with Crippen LogP contribution in [0.25, 0.3) is 0 Å². The third-order valence-corrected chi connectivity index (χ3v) is 4.25. The van der Waals surface area contributed by atoms with Gasteiger partial charge in [0.25, 0.3) is 11.8 Å². The standard InChI is InChI=1S/C24H24N2O4/c1-16(2)30-21-10-6-4-8-19(21)24(28)25-18-14-12-17(13-15-18)23(27)26-20-9-5-7-11-22(20)29-3/h4-16H,1-3H3,(H,25,28)(H,26,27). The lowest BCUT2D eigenvalue weighted by molar-refractivity contribution is 0.101. The summed E-state index contributed by atoms with van der Waals surface area (Å²) in [4.78, 5) is 25.2. The summed E-state index contributed by atoms with van der Waals surface area (Å²) in [6.07, 6.45) is -0.0417. The number of hydrogen-bond acceptors (Lipinski definition) is 4. The van der Waals surface area contributed by atoms with Crippen LogP contribution in [0.1, 0.15) is 34.6 Å². The molecule has 0 heterocycles. The van der Waals surface area contributed by atoms with Crippen molar-refractivity contribution in [1.82, 2.24) is 0 Å². The Morgan fingerprint density at radius 1 is 0.767 bits per heavy atom. The first-order valence-electron chi connectivity index (χ1n) is 9.59. The van der Waals surface area contributed by atoms with Gasteiger partial charge in [0.1, 0.15) is 11.5 Å². The third kappa shape index (κ3) is 5.17. The van der Waals surface area contributed by atoms with Crippen molar-refractivity contribution in [2.45, 2.75) is 20.0 Å². The van der Waals surface area contributed by atoms with Crippen molar-refractivity contribution in [1.29, 1.82) is 0 Å². The SMILES string of the molecule is COc1ccccc1NC(=O)c1ccc(NC(=O)c2ccccc2OC(C)C)cc1. The average molecular weight is 404 g/mol. The molecule has 0 aliphatic carbocycles. The molecule has 0 atom stereocenters. The zero-order chi connectivity index (χ0) is 21.5. The molecule has 154 valence electrons. The molecule has 6 heteroatoms. The molecule has 3 aromatic carbocycles. The van der Waals surface area contributed by atoms with E-state index in [4.69, 9.17) is 9.47 Å². The summed E-state index contributed by atoms with van der Waals surface area (Å²) in [6, 6.07) is 20.9. The van der Waals surface area contributed by atoms with Gasteiger partial charge >= 0.3 is 0 Å². The average Bonchev–Trinajstić information content (AvgIpc) is 2.74. The van der Waals surface area contributed by atoms with Crippen LogP contribution in [-0.2, 0) is 0 Å². The molecule has 2 amide bonds. The zero-order valence-corrected chi connectivity index (χ0v) is 17.1. The van der Waals surface area contributed by atoms with E-state index >= 15 is 0 Å². The van der Waals surface area contributed by atoms with E-state index in [1.54, 1.807) is 61.7 Å². The lowest BCUT2D eigenvalue weighted by Crippen LogP contribution is -2.16. The molecule has 0 fully saturated rings. The highest BCUT2D eigenvalue weighted by Gasteiger charge is 2.14. The molecule has 2 N–H and O–H groups in total. The van der Waals surface area contributed by atoms with E-state index in [2.05, 4.69) is 10.6 Å². The van der Waals surface area contributed by atoms with Gasteiger partial charge in [-0.3, -0.25) is 9.59 Å². The number of methoxy groups -OCH3 is 1. The van der Waals surface area contributed by atoms with Crippen molar-refractivity contribution >= 4 is 23.2 Å². The van der Waals surface area contributed by atoms with Gasteiger partial charge in [0.2, 0.25) is 0 Å². The van der Waals surface area contributed by atoms with E-state index in [1.807, 2.05) is 32.0 Å². The number of carbonyl (C=O) groups is 2. The van der Waals surface area contributed by atoms with Gasteiger partial charge in [0.15, 0.2) is 0 Å². The molecule has 0 spiro atoms. The number of ether oxygens (including phenoxy) is 2. The molecule has 3 rings (SSSR count). The van der Waals surface area contributed by atoms with Crippen molar-refractivity contribution < 1.29 is 19.1 Å². The molecule has 0 saturated heterocycles. The maximum Gasteiger partial charge on any atom is 0.259 e. The lowest BCUT2D eigenvalue weighted by Gasteiger charge is -2.14. The summed E-state index contributed by atoms with van der Waals surface area (Å²) in [6.45, 7) is 3.81. The Morgan fingerprint density at radius 2 is 1.40 bits per heavy atom. The highest BCUT2D eigenvalue weighted by atomic mass is 16.5.